The summed E-state index contributed by atoms with van der Waals surface area (Å²) in [6.07, 6.45) is 2.12. The number of aryl methyl sites for hydroxylation is 2. The van der Waals surface area contributed by atoms with E-state index in [0.717, 1.165) is 39.1 Å². The summed E-state index contributed by atoms with van der Waals surface area (Å²) in [6.45, 7) is 8.34. The Kier molecular flexibility index (Phi) is 5.62. The molecule has 0 aliphatic carbocycles. The molecule has 0 atom stereocenters. The normalized spacial score (nSPS) is 20.7. The number of nitrogens with zero attached hydrogens (tertiary/aromatic N) is 2. The Morgan fingerprint density at radius 3 is 2.00 bits per heavy atom. The molecule has 2 aliphatic rings. The second kappa shape index (κ2) is 7.95. The van der Waals surface area contributed by atoms with Crippen LogP contribution in [0, 0.1) is 13.8 Å². The summed E-state index contributed by atoms with van der Waals surface area (Å²) >= 11 is 3.77. The van der Waals surface area contributed by atoms with Gasteiger partial charge in [0.25, 0.3) is 0 Å². The topological polar surface area (TPSA) is 15.7 Å². The van der Waals surface area contributed by atoms with E-state index in [1.807, 2.05) is 23.9 Å². The maximum absolute atomic E-state index is 6.30. The molecule has 2 aromatic carbocycles. The molecule has 0 N–H and O–H groups in total. The third kappa shape index (κ3) is 3.82. The van der Waals surface area contributed by atoms with Crippen molar-refractivity contribution in [3.05, 3.63) is 59.7 Å². The van der Waals surface area contributed by atoms with Crippen LogP contribution >= 0.6 is 23.9 Å². The van der Waals surface area contributed by atoms with Gasteiger partial charge in [0, 0.05) is 42.3 Å². The summed E-state index contributed by atoms with van der Waals surface area (Å²) in [5.74, 6) is 0. The lowest BCUT2D eigenvalue weighted by Gasteiger charge is -2.42. The van der Waals surface area contributed by atoms with Crippen molar-refractivity contribution in [3.8, 4) is 0 Å². The van der Waals surface area contributed by atoms with Crippen LogP contribution in [0.15, 0.2) is 58.3 Å². The molecule has 2 aromatic rings. The smallest absolute Gasteiger partial charge is 0.133 e. The minimum absolute atomic E-state index is 0.101. The summed E-state index contributed by atoms with van der Waals surface area (Å²) in [5, 5.41) is 0. The molecule has 3 nitrogen and oxygen atoms in total. The minimum atomic E-state index is -0.101. The van der Waals surface area contributed by atoms with Gasteiger partial charge in [-0.3, -0.25) is 0 Å². The highest BCUT2D eigenvalue weighted by molar-refractivity contribution is 7.97. The lowest BCUT2D eigenvalue weighted by Crippen LogP contribution is -2.49. The van der Waals surface area contributed by atoms with Gasteiger partial charge in [0.1, 0.15) is 5.72 Å². The van der Waals surface area contributed by atoms with Gasteiger partial charge in [-0.15, -0.1) is 0 Å². The Morgan fingerprint density at radius 1 is 0.808 bits per heavy atom. The highest BCUT2D eigenvalue weighted by Gasteiger charge is 2.45. The van der Waals surface area contributed by atoms with Crippen molar-refractivity contribution in [1.82, 2.24) is 8.61 Å². The third-order valence-electron chi connectivity index (χ3n) is 5.25. The molecule has 0 aromatic heterocycles. The number of hydrogen-bond acceptors (Lipinski definition) is 5. The molecule has 2 fully saturated rings. The van der Waals surface area contributed by atoms with E-state index in [2.05, 4.69) is 71.0 Å². The van der Waals surface area contributed by atoms with E-state index < -0.39 is 0 Å². The van der Waals surface area contributed by atoms with Crippen molar-refractivity contribution < 1.29 is 4.74 Å². The summed E-state index contributed by atoms with van der Waals surface area (Å²) in [7, 11) is 0. The van der Waals surface area contributed by atoms with Crippen molar-refractivity contribution in [2.24, 2.45) is 0 Å². The van der Waals surface area contributed by atoms with Crippen LogP contribution in [0.3, 0.4) is 0 Å². The Morgan fingerprint density at radius 2 is 1.38 bits per heavy atom. The monoisotopic (exact) mass is 386 g/mol. The average Bonchev–Trinajstić information content (AvgIpc) is 3.03. The molecule has 2 aliphatic heterocycles. The summed E-state index contributed by atoms with van der Waals surface area (Å²) in [6, 6.07) is 17.3. The van der Waals surface area contributed by atoms with E-state index in [0.29, 0.717) is 0 Å². The van der Waals surface area contributed by atoms with Gasteiger partial charge in [0.2, 0.25) is 0 Å². The maximum atomic E-state index is 6.30. The quantitative estimate of drug-likeness (QED) is 0.674. The predicted molar refractivity (Wildman–Crippen MR) is 110 cm³/mol. The Bertz CT molecular complexity index is 759. The zero-order valence-electron chi connectivity index (χ0n) is 15.5. The van der Waals surface area contributed by atoms with Crippen molar-refractivity contribution in [1.29, 1.82) is 0 Å². The summed E-state index contributed by atoms with van der Waals surface area (Å²) in [5.41, 5.74) is 2.59. The van der Waals surface area contributed by atoms with Crippen LogP contribution in [0.1, 0.15) is 24.0 Å². The highest BCUT2D eigenvalue weighted by atomic mass is 32.2. The average molecular weight is 387 g/mol. The molecule has 1 spiro atoms. The van der Waals surface area contributed by atoms with Gasteiger partial charge in [-0.2, -0.15) is 0 Å². The van der Waals surface area contributed by atoms with Crippen LogP contribution in [0.2, 0.25) is 0 Å². The fraction of sp³-hybridized carbons (Fsp3) is 0.429. The van der Waals surface area contributed by atoms with E-state index in [9.17, 15) is 0 Å². The molecule has 2 saturated heterocycles. The van der Waals surface area contributed by atoms with Gasteiger partial charge >= 0.3 is 0 Å². The summed E-state index contributed by atoms with van der Waals surface area (Å²) in [4.78, 5) is 2.70. The van der Waals surface area contributed by atoms with Gasteiger partial charge in [0.05, 0.1) is 6.61 Å². The predicted octanol–water partition coefficient (Wildman–Crippen LogP) is 5.14. The molecule has 138 valence electrons. The molecule has 26 heavy (non-hydrogen) atoms. The molecule has 4 rings (SSSR count). The molecular formula is C21H26N2OS2. The van der Waals surface area contributed by atoms with Crippen molar-refractivity contribution in [2.75, 3.05) is 26.2 Å². The number of ether oxygens (including phenoxy) is 1. The van der Waals surface area contributed by atoms with E-state index in [-0.39, 0.29) is 5.72 Å². The zero-order chi connectivity index (χ0) is 18.0. The van der Waals surface area contributed by atoms with Gasteiger partial charge in [-0.05, 0) is 61.0 Å². The molecule has 0 amide bonds. The molecule has 2 heterocycles. The maximum Gasteiger partial charge on any atom is 0.133 e. The molecule has 0 unspecified atom stereocenters. The minimum Gasteiger partial charge on any atom is -0.358 e. The molecule has 0 radical (unpaired) electrons. The van der Waals surface area contributed by atoms with Gasteiger partial charge < -0.3 is 4.74 Å². The second-order valence-corrected chi connectivity index (χ2v) is 9.24. The molecule has 0 bridgehead atoms. The number of hydrogen-bond donors (Lipinski definition) is 0. The number of piperidine rings is 1. The first-order valence-corrected chi connectivity index (χ1v) is 10.8. The first-order valence-electron chi connectivity index (χ1n) is 9.30. The van der Waals surface area contributed by atoms with Gasteiger partial charge in [-0.1, -0.05) is 36.4 Å². The highest BCUT2D eigenvalue weighted by Crippen LogP contribution is 2.43. The summed E-state index contributed by atoms with van der Waals surface area (Å²) < 4.78 is 11.3. The molecule has 5 heteroatoms. The van der Waals surface area contributed by atoms with E-state index in [4.69, 9.17) is 4.74 Å². The van der Waals surface area contributed by atoms with Crippen LogP contribution in [-0.4, -0.2) is 40.6 Å². The first-order chi connectivity index (χ1) is 12.7. The van der Waals surface area contributed by atoms with Crippen molar-refractivity contribution in [3.63, 3.8) is 0 Å². The lowest BCUT2D eigenvalue weighted by atomic mass is 10.0. The SMILES string of the molecule is Cc1ccccc1SN1CCC2(CC1)OCCN2Sc1ccccc1C. The van der Waals surface area contributed by atoms with Crippen LogP contribution < -0.4 is 0 Å². The van der Waals surface area contributed by atoms with Gasteiger partial charge in [-0.25, -0.2) is 8.61 Å². The van der Waals surface area contributed by atoms with Crippen LogP contribution in [-0.2, 0) is 4.74 Å². The third-order valence-corrected chi connectivity index (χ3v) is 7.92. The molecule has 0 saturated carbocycles. The van der Waals surface area contributed by atoms with E-state index in [1.54, 1.807) is 0 Å². The van der Waals surface area contributed by atoms with Crippen molar-refractivity contribution >= 4 is 23.9 Å². The zero-order valence-corrected chi connectivity index (χ0v) is 17.1. The van der Waals surface area contributed by atoms with Crippen molar-refractivity contribution in [2.45, 2.75) is 42.2 Å². The number of rotatable bonds is 4. The Labute approximate surface area is 165 Å². The standard InChI is InChI=1S/C21H26N2OS2/c1-17-7-3-5-9-19(17)25-22-13-11-21(12-14-22)23(15-16-24-21)26-20-10-6-4-8-18(20)2/h3-10H,11-16H2,1-2H3. The molecular weight excluding hydrogens is 360 g/mol. The van der Waals surface area contributed by atoms with Crippen LogP contribution in [0.4, 0.5) is 0 Å². The second-order valence-electron chi connectivity index (χ2n) is 7.04. The van der Waals surface area contributed by atoms with E-state index >= 15 is 0 Å². The van der Waals surface area contributed by atoms with Gasteiger partial charge in [0.15, 0.2) is 0 Å². The Hall–Kier alpha value is -0.980. The Balaban J connectivity index is 1.40. The van der Waals surface area contributed by atoms with E-state index in [1.165, 1.54) is 20.9 Å². The fourth-order valence-electron chi connectivity index (χ4n) is 3.62. The van der Waals surface area contributed by atoms with Crippen LogP contribution in [0.5, 0.6) is 0 Å². The van der Waals surface area contributed by atoms with Crippen LogP contribution in [0.25, 0.3) is 0 Å². The number of benzene rings is 2. The fourth-order valence-corrected chi connectivity index (χ4v) is 5.77. The largest absolute Gasteiger partial charge is 0.358 e. The lowest BCUT2D eigenvalue weighted by molar-refractivity contribution is -0.0766. The first kappa shape index (κ1) is 18.4.